The third-order valence-electron chi connectivity index (χ3n) is 0.610. The molecule has 0 atom stereocenters. The predicted molar refractivity (Wildman–Crippen MR) is 41.9 cm³/mol. The molecule has 8 heavy (non-hydrogen) atoms. The lowest BCUT2D eigenvalue weighted by molar-refractivity contribution is -0.107. The molecule has 0 radical (unpaired) electrons. The zero-order chi connectivity index (χ0) is 6.15. The van der Waals surface area contributed by atoms with E-state index in [0.29, 0.717) is 8.43 Å². The molecule has 0 aromatic carbocycles. The van der Waals surface area contributed by atoms with Gasteiger partial charge in [-0.3, -0.25) is 4.79 Å². The minimum absolute atomic E-state index is 0.000000000000000222. The summed E-state index contributed by atoms with van der Waals surface area (Å²) in [5.74, 6) is 0. The second kappa shape index (κ2) is 2.21. The third kappa shape index (κ3) is 1.13. The van der Waals surface area contributed by atoms with Gasteiger partial charge in [0.2, 0.25) is 5.12 Å². The first-order chi connectivity index (χ1) is 3.70. The van der Waals surface area contributed by atoms with Crippen LogP contribution in [0.4, 0.5) is 0 Å². The monoisotopic (exact) mass is 162 g/mol. The van der Waals surface area contributed by atoms with Crippen molar-refractivity contribution in [2.24, 2.45) is 0 Å². The van der Waals surface area contributed by atoms with Gasteiger partial charge in [-0.25, -0.2) is 0 Å². The summed E-state index contributed by atoms with van der Waals surface area (Å²) in [5.41, 5.74) is 0. The van der Waals surface area contributed by atoms with Crippen LogP contribution in [0.15, 0.2) is 11.5 Å². The minimum atomic E-state index is 0.000000000000000222. The lowest BCUT2D eigenvalue weighted by Crippen LogP contribution is -1.79. The van der Waals surface area contributed by atoms with Gasteiger partial charge in [0, 0.05) is 0 Å². The van der Waals surface area contributed by atoms with Gasteiger partial charge < -0.3 is 0 Å². The first-order valence-corrected chi connectivity index (χ1v) is 3.87. The van der Waals surface area contributed by atoms with Crippen molar-refractivity contribution in [1.82, 2.24) is 0 Å². The highest BCUT2D eigenvalue weighted by molar-refractivity contribution is 8.57. The van der Waals surface area contributed by atoms with Gasteiger partial charge in [-0.15, -0.1) is 0 Å². The van der Waals surface area contributed by atoms with Crippen molar-refractivity contribution in [1.29, 1.82) is 0 Å². The third-order valence-corrected chi connectivity index (χ3v) is 2.94. The largest absolute Gasteiger partial charge is 0.281 e. The van der Waals surface area contributed by atoms with E-state index in [1.54, 1.807) is 0 Å². The van der Waals surface area contributed by atoms with E-state index in [4.69, 9.17) is 12.2 Å². The van der Waals surface area contributed by atoms with Crippen molar-refractivity contribution in [3.8, 4) is 0 Å². The molecule has 0 saturated carbocycles. The van der Waals surface area contributed by atoms with E-state index < -0.39 is 0 Å². The second-order valence-corrected chi connectivity index (χ2v) is 4.44. The van der Waals surface area contributed by atoms with Crippen molar-refractivity contribution < 1.29 is 4.79 Å². The van der Waals surface area contributed by atoms with Crippen molar-refractivity contribution in [3.05, 3.63) is 11.5 Å². The molecule has 0 aromatic heterocycles. The first kappa shape index (κ1) is 6.32. The fourth-order valence-corrected chi connectivity index (χ4v) is 2.32. The lowest BCUT2D eigenvalue weighted by Gasteiger charge is -1.77. The van der Waals surface area contributed by atoms with E-state index in [9.17, 15) is 4.79 Å². The average molecular weight is 162 g/mol. The van der Waals surface area contributed by atoms with Gasteiger partial charge in [-0.1, -0.05) is 30.6 Å². The molecular weight excluding hydrogens is 160 g/mol. The number of rotatable bonds is 0. The number of carbonyl (C=O) groups is 1. The maximum atomic E-state index is 10.5. The van der Waals surface area contributed by atoms with Crippen LogP contribution in [0.5, 0.6) is 0 Å². The molecule has 1 fully saturated rings. The number of thiocarbonyl (C=S) groups is 1. The van der Waals surface area contributed by atoms with Crippen LogP contribution in [0.25, 0.3) is 0 Å². The molecule has 1 nitrogen and oxygen atoms in total. The molecule has 0 bridgehead atoms. The minimum Gasteiger partial charge on any atom is -0.281 e. The molecule has 0 aliphatic carbocycles. The Balaban J connectivity index is 2.79. The Labute approximate surface area is 60.9 Å². The van der Waals surface area contributed by atoms with Gasteiger partial charge in [0.25, 0.3) is 0 Å². The van der Waals surface area contributed by atoms with E-state index in [-0.39, 0.29) is 5.12 Å². The van der Waals surface area contributed by atoms with Crippen molar-refractivity contribution in [2.45, 2.75) is 0 Å². The van der Waals surface area contributed by atoms with Crippen LogP contribution >= 0.6 is 35.7 Å². The molecule has 4 heteroatoms. The van der Waals surface area contributed by atoms with Crippen molar-refractivity contribution in [2.75, 3.05) is 0 Å². The summed E-state index contributed by atoms with van der Waals surface area (Å²) in [6.45, 7) is 3.49. The summed E-state index contributed by atoms with van der Waals surface area (Å²) < 4.78 is 0.667. The zero-order valence-corrected chi connectivity index (χ0v) is 6.29. The molecule has 42 valence electrons. The molecule has 1 rings (SSSR count). The van der Waals surface area contributed by atoms with Crippen LogP contribution in [0.1, 0.15) is 0 Å². The summed E-state index contributed by atoms with van der Waals surface area (Å²) >= 11 is 7.08. The number of hydrogen-bond donors (Lipinski definition) is 0. The van der Waals surface area contributed by atoms with Gasteiger partial charge >= 0.3 is 0 Å². The fourth-order valence-electron chi connectivity index (χ4n) is 0.296. The Morgan fingerprint density at radius 2 is 2.12 bits per heavy atom. The first-order valence-electron chi connectivity index (χ1n) is 1.83. The van der Waals surface area contributed by atoms with Crippen molar-refractivity contribution in [3.63, 3.8) is 0 Å². The summed E-state index contributed by atoms with van der Waals surface area (Å²) in [7, 11) is 0. The molecule has 0 spiro atoms. The maximum absolute atomic E-state index is 10.5. The summed E-state index contributed by atoms with van der Waals surface area (Å²) in [5, 5.41) is 0.000000000000000222. The molecule has 0 N–H and O–H groups in total. The normalized spacial score (nSPS) is 20.2. The molecule has 1 saturated heterocycles. The van der Waals surface area contributed by atoms with Crippen LogP contribution in [0.3, 0.4) is 0 Å². The van der Waals surface area contributed by atoms with Gasteiger partial charge in [0.15, 0.2) is 0 Å². The van der Waals surface area contributed by atoms with E-state index >= 15 is 0 Å². The highest BCUT2D eigenvalue weighted by Crippen LogP contribution is 2.36. The van der Waals surface area contributed by atoms with E-state index in [1.165, 1.54) is 11.8 Å². The Hall–Kier alpha value is 0.200. The fraction of sp³-hybridized carbons (Fsp3) is 0. The van der Waals surface area contributed by atoms with Crippen molar-refractivity contribution >= 4 is 44.4 Å². The summed E-state index contributed by atoms with van der Waals surface area (Å²) in [6, 6.07) is 0. The number of carbonyl (C=O) groups excluding carboxylic acids is 1. The maximum Gasteiger partial charge on any atom is 0.231 e. The van der Waals surface area contributed by atoms with E-state index in [1.807, 2.05) is 0 Å². The molecule has 0 unspecified atom stereocenters. The van der Waals surface area contributed by atoms with E-state index in [0.717, 1.165) is 11.8 Å². The van der Waals surface area contributed by atoms with Gasteiger partial charge in [-0.2, -0.15) is 0 Å². The molecule has 0 aromatic rings. The molecule has 0 amide bonds. The quantitative estimate of drug-likeness (QED) is 0.399. The standard InChI is InChI=1S/C4H2OS3/c1-2-3(5)8-4(6)7-2/h1H2. The number of thioether (sulfide) groups is 2. The topological polar surface area (TPSA) is 17.1 Å². The zero-order valence-electron chi connectivity index (χ0n) is 3.84. The Morgan fingerprint density at radius 3 is 2.25 bits per heavy atom. The van der Waals surface area contributed by atoms with Gasteiger partial charge in [-0.05, 0) is 11.8 Å². The highest BCUT2D eigenvalue weighted by Gasteiger charge is 2.21. The van der Waals surface area contributed by atoms with Crippen LogP contribution in [0, 0.1) is 0 Å². The Kier molecular flexibility index (Phi) is 1.74. The molecule has 1 heterocycles. The Morgan fingerprint density at radius 1 is 1.50 bits per heavy atom. The van der Waals surface area contributed by atoms with Crippen LogP contribution in [0.2, 0.25) is 0 Å². The SMILES string of the molecule is C=C1SC(=S)SC1=O. The highest BCUT2D eigenvalue weighted by atomic mass is 32.2. The lowest BCUT2D eigenvalue weighted by atomic mass is 10.7. The summed E-state index contributed by atoms with van der Waals surface area (Å²) in [4.78, 5) is 11.1. The molecule has 1 aliphatic heterocycles. The predicted octanol–water partition coefficient (Wildman–Crippen LogP) is 1.79. The smallest absolute Gasteiger partial charge is 0.231 e. The second-order valence-electron chi connectivity index (χ2n) is 1.16. The molecular formula is C4H2OS3. The average Bonchev–Trinajstić information content (AvgIpc) is 1.85. The number of hydrogen-bond acceptors (Lipinski definition) is 4. The van der Waals surface area contributed by atoms with Crippen LogP contribution in [-0.4, -0.2) is 8.64 Å². The van der Waals surface area contributed by atoms with Gasteiger partial charge in [0.1, 0.15) is 3.53 Å². The van der Waals surface area contributed by atoms with Gasteiger partial charge in [0.05, 0.1) is 4.91 Å². The van der Waals surface area contributed by atoms with Crippen LogP contribution in [-0.2, 0) is 4.79 Å². The van der Waals surface area contributed by atoms with Crippen LogP contribution < -0.4 is 0 Å². The Bertz CT molecular complexity index is 154. The van der Waals surface area contributed by atoms with E-state index in [2.05, 4.69) is 6.58 Å². The summed E-state index contributed by atoms with van der Waals surface area (Å²) in [6.07, 6.45) is 0. The molecule has 1 aliphatic rings.